The molecule has 2 atom stereocenters. The van der Waals surface area contributed by atoms with Gasteiger partial charge in [0, 0.05) is 42.3 Å². The number of nitrogens with one attached hydrogen (secondary N) is 2. The molecule has 1 aliphatic heterocycles. The Morgan fingerprint density at radius 1 is 1.05 bits per heavy atom. The third-order valence-electron chi connectivity index (χ3n) is 7.05. The van der Waals surface area contributed by atoms with Crippen molar-refractivity contribution < 1.29 is 9.53 Å². The number of carbonyl (C=O) groups excluding carboxylic acids is 1. The molecule has 3 aromatic heterocycles. The van der Waals surface area contributed by atoms with E-state index in [1.165, 1.54) is 7.11 Å². The summed E-state index contributed by atoms with van der Waals surface area (Å²) in [5.41, 5.74) is 7.96. The van der Waals surface area contributed by atoms with Crippen molar-refractivity contribution in [1.29, 1.82) is 0 Å². The van der Waals surface area contributed by atoms with Crippen LogP contribution >= 0.6 is 12.2 Å². The van der Waals surface area contributed by atoms with Crippen molar-refractivity contribution in [2.45, 2.75) is 39.8 Å². The summed E-state index contributed by atoms with van der Waals surface area (Å²) in [6.45, 7) is 8.27. The average Bonchev–Trinajstić information content (AvgIpc) is 3.40. The van der Waals surface area contributed by atoms with Gasteiger partial charge in [0.25, 0.3) is 0 Å². The van der Waals surface area contributed by atoms with Crippen LogP contribution in [0.3, 0.4) is 0 Å². The molecule has 1 fully saturated rings. The van der Waals surface area contributed by atoms with Gasteiger partial charge in [-0.05, 0) is 105 Å². The Morgan fingerprint density at radius 3 is 2.56 bits per heavy atom. The van der Waals surface area contributed by atoms with E-state index < -0.39 is 0 Å². The largest absolute Gasteiger partial charge is 0.375 e. The van der Waals surface area contributed by atoms with Crippen LogP contribution in [0.5, 0.6) is 0 Å². The van der Waals surface area contributed by atoms with E-state index in [2.05, 4.69) is 63.0 Å². The molecule has 1 saturated heterocycles. The van der Waals surface area contributed by atoms with Gasteiger partial charge in [-0.3, -0.25) is 9.78 Å². The summed E-state index contributed by atoms with van der Waals surface area (Å²) >= 11 is 5.93. The molecule has 2 unspecified atom stereocenters. The van der Waals surface area contributed by atoms with Gasteiger partial charge in [-0.1, -0.05) is 6.07 Å². The number of hydrogen-bond donors (Lipinski definition) is 2. The average molecular weight is 541 g/mol. The lowest BCUT2D eigenvalue weighted by Crippen LogP contribution is -2.29. The third-order valence-corrected chi connectivity index (χ3v) is 7.37. The standard InChI is InChI=1S/C30H32N6O2S/c1-18-11-13-32-26(14-18)35-20(3)16-23(21(35)4)29-28(25-8-6-7-12-31-25)34-30(39)36(29)22-9-10-24(19(2)15-22)33-27(37)17-38-5/h6-16,28-29H,17H2,1-5H3,(H,33,37)(H,34,39). The molecule has 0 bridgehead atoms. The van der Waals surface area contributed by atoms with Crippen molar-refractivity contribution in [2.24, 2.45) is 0 Å². The summed E-state index contributed by atoms with van der Waals surface area (Å²) in [5.74, 6) is 0.690. The quantitative estimate of drug-likeness (QED) is 0.309. The van der Waals surface area contributed by atoms with Crippen molar-refractivity contribution in [2.75, 3.05) is 23.9 Å². The lowest BCUT2D eigenvalue weighted by molar-refractivity contribution is -0.119. The van der Waals surface area contributed by atoms with Crippen LogP contribution in [0.2, 0.25) is 0 Å². The molecule has 9 heteroatoms. The fourth-order valence-corrected chi connectivity index (χ4v) is 5.63. The van der Waals surface area contributed by atoms with Gasteiger partial charge in [-0.2, -0.15) is 0 Å². The highest BCUT2D eigenvalue weighted by molar-refractivity contribution is 7.80. The van der Waals surface area contributed by atoms with Gasteiger partial charge >= 0.3 is 0 Å². The number of ether oxygens (including phenoxy) is 1. The third kappa shape index (κ3) is 5.15. The van der Waals surface area contributed by atoms with E-state index in [-0.39, 0.29) is 24.6 Å². The molecule has 1 aromatic carbocycles. The summed E-state index contributed by atoms with van der Waals surface area (Å²) < 4.78 is 7.15. The lowest BCUT2D eigenvalue weighted by atomic mass is 9.96. The summed E-state index contributed by atoms with van der Waals surface area (Å²) in [6.07, 6.45) is 3.65. The molecule has 0 aliphatic carbocycles. The first kappa shape index (κ1) is 26.5. The smallest absolute Gasteiger partial charge is 0.250 e. The number of pyridine rings is 2. The Bertz CT molecular complexity index is 1530. The number of amides is 1. The van der Waals surface area contributed by atoms with Gasteiger partial charge < -0.3 is 24.8 Å². The second-order valence-corrected chi connectivity index (χ2v) is 10.2. The first-order valence-corrected chi connectivity index (χ1v) is 13.2. The highest BCUT2D eigenvalue weighted by Crippen LogP contribution is 2.44. The van der Waals surface area contributed by atoms with Gasteiger partial charge in [0.2, 0.25) is 5.91 Å². The summed E-state index contributed by atoms with van der Waals surface area (Å²) in [6, 6.07) is 17.9. The van der Waals surface area contributed by atoms with Crippen LogP contribution in [0.4, 0.5) is 11.4 Å². The van der Waals surface area contributed by atoms with Crippen molar-refractivity contribution in [1.82, 2.24) is 19.9 Å². The highest BCUT2D eigenvalue weighted by Gasteiger charge is 2.42. The van der Waals surface area contributed by atoms with Crippen LogP contribution in [0, 0.1) is 27.7 Å². The first-order chi connectivity index (χ1) is 18.8. The fourth-order valence-electron chi connectivity index (χ4n) is 5.29. The summed E-state index contributed by atoms with van der Waals surface area (Å²) in [7, 11) is 1.50. The van der Waals surface area contributed by atoms with Gasteiger partial charge in [0.1, 0.15) is 12.4 Å². The van der Waals surface area contributed by atoms with Crippen molar-refractivity contribution in [3.05, 3.63) is 101 Å². The molecular weight excluding hydrogens is 508 g/mol. The second-order valence-electron chi connectivity index (χ2n) is 9.83. The SMILES string of the molecule is COCC(=O)Nc1ccc(N2C(=S)NC(c3ccccn3)C2c2cc(C)n(-c3cc(C)ccn3)c2C)cc1C. The van der Waals surface area contributed by atoms with Gasteiger partial charge in [-0.25, -0.2) is 4.98 Å². The van der Waals surface area contributed by atoms with Crippen molar-refractivity contribution in [3.8, 4) is 5.82 Å². The maximum Gasteiger partial charge on any atom is 0.250 e. The van der Waals surface area contributed by atoms with Crippen molar-refractivity contribution >= 4 is 34.6 Å². The van der Waals surface area contributed by atoms with E-state index in [1.54, 1.807) is 6.20 Å². The Balaban J connectivity index is 1.61. The highest BCUT2D eigenvalue weighted by atomic mass is 32.1. The van der Waals surface area contributed by atoms with Crippen LogP contribution in [-0.4, -0.2) is 39.3 Å². The summed E-state index contributed by atoms with van der Waals surface area (Å²) in [5, 5.41) is 7.06. The molecule has 39 heavy (non-hydrogen) atoms. The molecule has 5 rings (SSSR count). The maximum atomic E-state index is 12.1. The predicted molar refractivity (Wildman–Crippen MR) is 157 cm³/mol. The van der Waals surface area contributed by atoms with E-state index in [0.29, 0.717) is 5.11 Å². The fraction of sp³-hybridized carbons (Fsp3) is 0.267. The Morgan fingerprint density at radius 2 is 1.87 bits per heavy atom. The first-order valence-electron chi connectivity index (χ1n) is 12.8. The molecule has 4 aromatic rings. The van der Waals surface area contributed by atoms with Gasteiger partial charge in [0.05, 0.1) is 17.8 Å². The predicted octanol–water partition coefficient (Wildman–Crippen LogP) is 5.26. The Labute approximate surface area is 234 Å². The van der Waals surface area contributed by atoms with Crippen LogP contribution in [-0.2, 0) is 9.53 Å². The monoisotopic (exact) mass is 540 g/mol. The number of carbonyl (C=O) groups is 1. The zero-order valence-electron chi connectivity index (χ0n) is 22.7. The van der Waals surface area contributed by atoms with E-state index in [0.717, 1.165) is 51.0 Å². The van der Waals surface area contributed by atoms with Crippen LogP contribution in [0.1, 0.15) is 45.9 Å². The number of aromatic nitrogens is 3. The van der Waals surface area contributed by atoms with Gasteiger partial charge in [0.15, 0.2) is 5.11 Å². The molecule has 1 aliphatic rings. The van der Waals surface area contributed by atoms with Crippen LogP contribution < -0.4 is 15.5 Å². The minimum absolute atomic E-state index is 0.000561. The molecule has 1 amide bonds. The van der Waals surface area contributed by atoms with E-state index in [9.17, 15) is 4.79 Å². The molecule has 200 valence electrons. The van der Waals surface area contributed by atoms with E-state index in [1.807, 2.05) is 55.6 Å². The zero-order valence-corrected chi connectivity index (χ0v) is 23.5. The molecule has 8 nitrogen and oxygen atoms in total. The van der Waals surface area contributed by atoms with E-state index >= 15 is 0 Å². The minimum atomic E-state index is -0.197. The zero-order chi connectivity index (χ0) is 27.7. The number of hydrogen-bond acceptors (Lipinski definition) is 5. The minimum Gasteiger partial charge on any atom is -0.375 e. The Hall–Kier alpha value is -4.08. The molecular formula is C30H32N6O2S. The number of benzene rings is 1. The normalized spacial score (nSPS) is 16.8. The number of nitrogens with zero attached hydrogens (tertiary/aromatic N) is 4. The van der Waals surface area contributed by atoms with Crippen LogP contribution in [0.15, 0.2) is 67.0 Å². The summed E-state index contributed by atoms with van der Waals surface area (Å²) in [4.78, 5) is 23.6. The van der Waals surface area contributed by atoms with E-state index in [4.69, 9.17) is 17.0 Å². The maximum absolute atomic E-state index is 12.1. The molecule has 0 radical (unpaired) electrons. The number of methoxy groups -OCH3 is 1. The molecule has 0 spiro atoms. The van der Waals surface area contributed by atoms with Crippen LogP contribution in [0.25, 0.3) is 5.82 Å². The van der Waals surface area contributed by atoms with Gasteiger partial charge in [-0.15, -0.1) is 0 Å². The number of aryl methyl sites for hydroxylation is 3. The Kier molecular flexibility index (Phi) is 7.45. The number of rotatable bonds is 7. The molecule has 0 saturated carbocycles. The lowest BCUT2D eigenvalue weighted by Gasteiger charge is -2.29. The second kappa shape index (κ2) is 11.0. The number of anilines is 2. The van der Waals surface area contributed by atoms with Crippen molar-refractivity contribution in [3.63, 3.8) is 0 Å². The topological polar surface area (TPSA) is 84.3 Å². The molecule has 4 heterocycles. The number of thiocarbonyl (C=S) groups is 1. The molecule has 2 N–H and O–H groups in total.